The summed E-state index contributed by atoms with van der Waals surface area (Å²) >= 11 is 0. The number of esters is 1. The molecule has 3 rings (SSSR count). The highest BCUT2D eigenvalue weighted by molar-refractivity contribution is 5.96. The molecule has 1 aromatic carbocycles. The minimum Gasteiger partial charge on any atom is -0.465 e. The van der Waals surface area contributed by atoms with Crippen LogP contribution in [0.1, 0.15) is 41.0 Å². The molecular weight excluding hydrogens is 322 g/mol. The van der Waals surface area contributed by atoms with Gasteiger partial charge in [-0.05, 0) is 49.9 Å². The normalized spacial score (nSPS) is 13.8. The van der Waals surface area contributed by atoms with Crippen LogP contribution in [0.4, 0.5) is 5.69 Å². The molecule has 25 heavy (non-hydrogen) atoms. The van der Waals surface area contributed by atoms with E-state index in [1.165, 1.54) is 17.9 Å². The molecule has 0 aliphatic heterocycles. The Morgan fingerprint density at radius 2 is 2.08 bits per heavy atom. The molecule has 1 N–H and O–H groups in total. The van der Waals surface area contributed by atoms with E-state index in [1.54, 1.807) is 31.2 Å². The number of hydrogen-bond acceptors (Lipinski definition) is 5. The average Bonchev–Trinajstić information content (AvgIpc) is 3.07. The number of hydrogen-bond donors (Lipinski definition) is 1. The van der Waals surface area contributed by atoms with Crippen LogP contribution in [0, 0.1) is 0 Å². The zero-order valence-electron chi connectivity index (χ0n) is 14.1. The lowest BCUT2D eigenvalue weighted by atomic mass is 10.2. The van der Waals surface area contributed by atoms with Gasteiger partial charge in [0.2, 0.25) is 5.91 Å². The van der Waals surface area contributed by atoms with E-state index < -0.39 is 12.0 Å². The standard InChI is InChI=1S/C18H19N3O4/c1-11(21-16(22)10-12-5-4-8-15(12)20-21)17(23)19-14-7-3-6-13(9-14)18(24)25-2/h3,6-7,9-11H,4-5,8H2,1-2H3,(H,19,23). The fourth-order valence-corrected chi connectivity index (χ4v) is 2.89. The molecule has 1 unspecified atom stereocenters. The molecule has 7 heteroatoms. The maximum absolute atomic E-state index is 12.5. The fourth-order valence-electron chi connectivity index (χ4n) is 2.89. The molecular formula is C18H19N3O4. The van der Waals surface area contributed by atoms with Crippen LogP contribution >= 0.6 is 0 Å². The highest BCUT2D eigenvalue weighted by atomic mass is 16.5. The Labute approximate surface area is 144 Å². The summed E-state index contributed by atoms with van der Waals surface area (Å²) in [5.74, 6) is -0.866. The molecule has 130 valence electrons. The summed E-state index contributed by atoms with van der Waals surface area (Å²) in [6, 6.07) is 7.23. The summed E-state index contributed by atoms with van der Waals surface area (Å²) in [6.07, 6.45) is 2.66. The Hall–Kier alpha value is -2.96. The first-order chi connectivity index (χ1) is 12.0. The summed E-state index contributed by atoms with van der Waals surface area (Å²) in [4.78, 5) is 36.3. The third-order valence-electron chi connectivity index (χ3n) is 4.28. The van der Waals surface area contributed by atoms with Gasteiger partial charge >= 0.3 is 5.97 Å². The molecule has 0 saturated carbocycles. The number of nitrogens with zero attached hydrogens (tertiary/aromatic N) is 2. The molecule has 1 aliphatic rings. The van der Waals surface area contributed by atoms with E-state index in [-0.39, 0.29) is 11.5 Å². The minimum atomic E-state index is -0.764. The Morgan fingerprint density at radius 3 is 2.84 bits per heavy atom. The lowest BCUT2D eigenvalue weighted by molar-refractivity contribution is -0.119. The molecule has 7 nitrogen and oxygen atoms in total. The van der Waals surface area contributed by atoms with E-state index in [0.29, 0.717) is 11.3 Å². The van der Waals surface area contributed by atoms with Crippen LogP contribution in [0.15, 0.2) is 35.1 Å². The molecule has 0 bridgehead atoms. The van der Waals surface area contributed by atoms with Gasteiger partial charge in [0, 0.05) is 11.8 Å². The molecule has 1 aliphatic carbocycles. The molecule has 1 heterocycles. The zero-order valence-corrected chi connectivity index (χ0v) is 14.1. The summed E-state index contributed by atoms with van der Waals surface area (Å²) in [5.41, 5.74) is 2.35. The van der Waals surface area contributed by atoms with Gasteiger partial charge in [-0.1, -0.05) is 6.07 Å². The van der Waals surface area contributed by atoms with E-state index >= 15 is 0 Å². The van der Waals surface area contributed by atoms with Gasteiger partial charge < -0.3 is 10.1 Å². The van der Waals surface area contributed by atoms with Crippen LogP contribution in [0.5, 0.6) is 0 Å². The van der Waals surface area contributed by atoms with Crippen LogP contribution in [0.25, 0.3) is 0 Å². The van der Waals surface area contributed by atoms with Gasteiger partial charge in [-0.15, -0.1) is 0 Å². The van der Waals surface area contributed by atoms with E-state index in [4.69, 9.17) is 0 Å². The molecule has 1 aromatic heterocycles. The number of anilines is 1. The Bertz CT molecular complexity index is 888. The van der Waals surface area contributed by atoms with Crippen LogP contribution in [-0.4, -0.2) is 28.8 Å². The number of aryl methyl sites for hydroxylation is 2. The number of fused-ring (bicyclic) bond motifs is 1. The van der Waals surface area contributed by atoms with Crippen molar-refractivity contribution in [3.05, 3.63) is 57.5 Å². The lowest BCUT2D eigenvalue weighted by Gasteiger charge is -2.15. The lowest BCUT2D eigenvalue weighted by Crippen LogP contribution is -2.34. The topological polar surface area (TPSA) is 90.3 Å². The van der Waals surface area contributed by atoms with Gasteiger partial charge in [-0.25, -0.2) is 9.48 Å². The van der Waals surface area contributed by atoms with Gasteiger partial charge in [0.15, 0.2) is 0 Å². The second kappa shape index (κ2) is 6.88. The predicted octanol–water partition coefficient (Wildman–Crippen LogP) is 1.72. The van der Waals surface area contributed by atoms with Crippen molar-refractivity contribution in [2.45, 2.75) is 32.2 Å². The van der Waals surface area contributed by atoms with Crippen molar-refractivity contribution in [3.8, 4) is 0 Å². The van der Waals surface area contributed by atoms with E-state index in [2.05, 4.69) is 15.2 Å². The third kappa shape index (κ3) is 3.45. The van der Waals surface area contributed by atoms with Crippen molar-refractivity contribution < 1.29 is 14.3 Å². The Morgan fingerprint density at radius 1 is 1.28 bits per heavy atom. The number of carbonyl (C=O) groups is 2. The first-order valence-electron chi connectivity index (χ1n) is 8.10. The van der Waals surface area contributed by atoms with Gasteiger partial charge in [0.05, 0.1) is 18.4 Å². The number of amides is 1. The molecule has 0 saturated heterocycles. The van der Waals surface area contributed by atoms with Gasteiger partial charge in [-0.3, -0.25) is 9.59 Å². The summed E-state index contributed by atoms with van der Waals surface area (Å²) < 4.78 is 5.88. The fraction of sp³-hybridized carbons (Fsp3) is 0.333. The van der Waals surface area contributed by atoms with Crippen molar-refractivity contribution in [1.82, 2.24) is 9.78 Å². The zero-order chi connectivity index (χ0) is 18.0. The smallest absolute Gasteiger partial charge is 0.337 e. The van der Waals surface area contributed by atoms with E-state index in [9.17, 15) is 14.4 Å². The number of methoxy groups -OCH3 is 1. The highest BCUT2D eigenvalue weighted by Crippen LogP contribution is 2.19. The summed E-state index contributed by atoms with van der Waals surface area (Å²) in [7, 11) is 1.29. The summed E-state index contributed by atoms with van der Waals surface area (Å²) in [5, 5.41) is 7.05. The second-order valence-electron chi connectivity index (χ2n) is 5.99. The van der Waals surface area contributed by atoms with Crippen molar-refractivity contribution in [2.75, 3.05) is 12.4 Å². The second-order valence-corrected chi connectivity index (χ2v) is 5.99. The van der Waals surface area contributed by atoms with Gasteiger partial charge in [-0.2, -0.15) is 5.10 Å². The predicted molar refractivity (Wildman–Crippen MR) is 91.6 cm³/mol. The van der Waals surface area contributed by atoms with Gasteiger partial charge in [0.1, 0.15) is 6.04 Å². The quantitative estimate of drug-likeness (QED) is 0.855. The number of benzene rings is 1. The molecule has 1 amide bonds. The number of nitrogens with one attached hydrogen (secondary N) is 1. The number of aromatic nitrogens is 2. The molecule has 0 spiro atoms. The number of rotatable bonds is 4. The molecule has 1 atom stereocenters. The summed E-state index contributed by atoms with van der Waals surface area (Å²) in [6.45, 7) is 1.62. The average molecular weight is 341 g/mol. The van der Waals surface area contributed by atoms with Crippen LogP contribution in [0.3, 0.4) is 0 Å². The van der Waals surface area contributed by atoms with E-state index in [1.807, 2.05) is 0 Å². The van der Waals surface area contributed by atoms with Crippen molar-refractivity contribution in [1.29, 1.82) is 0 Å². The largest absolute Gasteiger partial charge is 0.465 e. The molecule has 0 fully saturated rings. The maximum Gasteiger partial charge on any atom is 0.337 e. The Balaban J connectivity index is 1.80. The number of ether oxygens (including phenoxy) is 1. The molecule has 0 radical (unpaired) electrons. The van der Waals surface area contributed by atoms with Crippen molar-refractivity contribution in [3.63, 3.8) is 0 Å². The first-order valence-corrected chi connectivity index (χ1v) is 8.10. The molecule has 2 aromatic rings. The first kappa shape index (κ1) is 16.9. The van der Waals surface area contributed by atoms with Crippen LogP contribution in [-0.2, 0) is 22.4 Å². The number of carbonyl (C=O) groups excluding carboxylic acids is 2. The highest BCUT2D eigenvalue weighted by Gasteiger charge is 2.21. The maximum atomic E-state index is 12.5. The monoisotopic (exact) mass is 341 g/mol. The third-order valence-corrected chi connectivity index (χ3v) is 4.28. The Kier molecular flexibility index (Phi) is 4.65. The minimum absolute atomic E-state index is 0.286. The van der Waals surface area contributed by atoms with Crippen molar-refractivity contribution >= 4 is 17.6 Å². The van der Waals surface area contributed by atoms with E-state index in [0.717, 1.165) is 30.5 Å². The SMILES string of the molecule is COC(=O)c1cccc(NC(=O)C(C)n2nc3c(cc2=O)CCC3)c1. The van der Waals surface area contributed by atoms with Crippen LogP contribution in [0.2, 0.25) is 0 Å². The van der Waals surface area contributed by atoms with Gasteiger partial charge in [0.25, 0.3) is 5.56 Å². The van der Waals surface area contributed by atoms with Crippen molar-refractivity contribution in [2.24, 2.45) is 0 Å². The van der Waals surface area contributed by atoms with Crippen LogP contribution < -0.4 is 10.9 Å².